The van der Waals surface area contributed by atoms with Gasteiger partial charge in [-0.15, -0.1) is 0 Å². The highest BCUT2D eigenvalue weighted by atomic mass is 32.2. The summed E-state index contributed by atoms with van der Waals surface area (Å²) >= 11 is 0.869. The first kappa shape index (κ1) is 22.3. The third kappa shape index (κ3) is 4.12. The predicted molar refractivity (Wildman–Crippen MR) is 125 cm³/mol. The predicted octanol–water partition coefficient (Wildman–Crippen LogP) is 2.60. The number of carboxylic acids is 1. The Bertz CT molecular complexity index is 1330. The van der Waals surface area contributed by atoms with Crippen LogP contribution in [-0.4, -0.2) is 42.7 Å². The van der Waals surface area contributed by atoms with Crippen LogP contribution in [0, 0.1) is 6.92 Å². The lowest BCUT2D eigenvalue weighted by atomic mass is 10.2. The molecule has 2 heterocycles. The molecule has 0 radical (unpaired) electrons. The van der Waals surface area contributed by atoms with Gasteiger partial charge >= 0.3 is 5.97 Å². The first-order valence-corrected chi connectivity index (χ1v) is 10.9. The molecule has 1 aliphatic rings. The monoisotopic (exact) mass is 464 g/mol. The van der Waals surface area contributed by atoms with E-state index >= 15 is 0 Å². The minimum absolute atomic E-state index is 0.0221. The van der Waals surface area contributed by atoms with E-state index in [1.807, 2.05) is 6.07 Å². The first-order valence-electron chi connectivity index (χ1n) is 10.0. The van der Waals surface area contributed by atoms with E-state index in [1.165, 1.54) is 4.68 Å². The molecular formula is C23H20N4O5S. The molecule has 1 N–H and O–H groups in total. The quantitative estimate of drug-likeness (QED) is 0.621. The summed E-state index contributed by atoms with van der Waals surface area (Å²) in [6.07, 6.45) is -0.461. The molecule has 0 saturated carbocycles. The molecule has 0 aliphatic carbocycles. The van der Waals surface area contributed by atoms with Crippen molar-refractivity contribution in [1.82, 2.24) is 9.36 Å². The zero-order valence-corrected chi connectivity index (χ0v) is 18.7. The average molecular weight is 465 g/mol. The van der Waals surface area contributed by atoms with Crippen molar-refractivity contribution in [2.75, 3.05) is 4.90 Å². The number of carboxylic acid groups (broad SMARTS) is 1. The van der Waals surface area contributed by atoms with Crippen molar-refractivity contribution >= 4 is 40.4 Å². The van der Waals surface area contributed by atoms with E-state index < -0.39 is 35.0 Å². The Morgan fingerprint density at radius 3 is 2.24 bits per heavy atom. The van der Waals surface area contributed by atoms with Gasteiger partial charge in [0.1, 0.15) is 10.9 Å². The number of hydrogen-bond donors (Lipinski definition) is 1. The molecule has 10 heteroatoms. The normalized spacial score (nSPS) is 17.0. The van der Waals surface area contributed by atoms with Crippen molar-refractivity contribution in [3.63, 3.8) is 0 Å². The number of carbonyl (C=O) groups is 3. The van der Waals surface area contributed by atoms with Gasteiger partial charge in [-0.3, -0.25) is 28.8 Å². The molecule has 1 unspecified atom stereocenters. The van der Waals surface area contributed by atoms with E-state index in [0.29, 0.717) is 16.9 Å². The Balaban J connectivity index is 1.85. The van der Waals surface area contributed by atoms with Crippen molar-refractivity contribution in [2.45, 2.75) is 18.6 Å². The highest BCUT2D eigenvalue weighted by Crippen LogP contribution is 2.34. The lowest BCUT2D eigenvalue weighted by Gasteiger charge is -2.14. The number of amidine groups is 1. The number of thioether (sulfide) groups is 1. The fourth-order valence-corrected chi connectivity index (χ4v) is 4.69. The van der Waals surface area contributed by atoms with E-state index in [1.54, 1.807) is 73.3 Å². The molecule has 33 heavy (non-hydrogen) atoms. The van der Waals surface area contributed by atoms with Crippen LogP contribution in [-0.2, 0) is 16.6 Å². The topological polar surface area (TPSA) is 114 Å². The van der Waals surface area contributed by atoms with Crippen molar-refractivity contribution in [2.24, 2.45) is 12.0 Å². The molecule has 4 rings (SSSR count). The highest BCUT2D eigenvalue weighted by Gasteiger charge is 2.43. The van der Waals surface area contributed by atoms with Crippen LogP contribution in [0.2, 0.25) is 0 Å². The lowest BCUT2D eigenvalue weighted by Crippen LogP contribution is -2.37. The van der Waals surface area contributed by atoms with Crippen molar-refractivity contribution in [1.29, 1.82) is 0 Å². The molecule has 2 amide bonds. The molecule has 3 aromatic rings. The summed E-state index contributed by atoms with van der Waals surface area (Å²) < 4.78 is 3.01. The molecule has 2 aromatic carbocycles. The highest BCUT2D eigenvalue weighted by molar-refractivity contribution is 8.16. The molecule has 1 aliphatic heterocycles. The minimum atomic E-state index is -1.16. The maximum Gasteiger partial charge on any atom is 0.305 e. The van der Waals surface area contributed by atoms with Gasteiger partial charge < -0.3 is 5.11 Å². The Morgan fingerprint density at radius 1 is 1.03 bits per heavy atom. The number of nitrogens with zero attached hydrogens (tertiary/aromatic N) is 4. The number of para-hydroxylation sites is 1. The third-order valence-corrected chi connectivity index (χ3v) is 6.40. The number of anilines is 1. The fraction of sp³-hybridized carbons (Fsp3) is 0.174. The van der Waals surface area contributed by atoms with Crippen LogP contribution < -0.4 is 10.5 Å². The second-order valence-corrected chi connectivity index (χ2v) is 8.52. The Morgan fingerprint density at radius 2 is 1.64 bits per heavy atom. The van der Waals surface area contributed by atoms with Crippen LogP contribution in [0.15, 0.2) is 70.5 Å². The second kappa shape index (κ2) is 8.91. The molecule has 0 spiro atoms. The van der Waals surface area contributed by atoms with Gasteiger partial charge in [0.15, 0.2) is 5.17 Å². The Hall–Kier alpha value is -3.92. The van der Waals surface area contributed by atoms with Gasteiger partial charge in [0.05, 0.1) is 17.8 Å². The van der Waals surface area contributed by atoms with E-state index in [4.69, 9.17) is 0 Å². The van der Waals surface area contributed by atoms with Crippen LogP contribution in [0.3, 0.4) is 0 Å². The molecule has 1 aromatic heterocycles. The van der Waals surface area contributed by atoms with Gasteiger partial charge in [-0.25, -0.2) is 4.68 Å². The van der Waals surface area contributed by atoms with Crippen LogP contribution in [0.1, 0.15) is 22.5 Å². The van der Waals surface area contributed by atoms with Gasteiger partial charge in [0, 0.05) is 12.6 Å². The first-order chi connectivity index (χ1) is 15.8. The summed E-state index contributed by atoms with van der Waals surface area (Å²) in [6.45, 7) is 1.68. The summed E-state index contributed by atoms with van der Waals surface area (Å²) in [4.78, 5) is 55.9. The SMILES string of the molecule is Cc1c(N2C(=O)C(CC(=O)O)SC2=NC(=O)c2ccccc2)c(=O)n(-c2ccccc2)n1C. The molecule has 168 valence electrons. The number of amides is 2. The molecule has 1 atom stereocenters. The average Bonchev–Trinajstić information content (AvgIpc) is 3.20. The summed E-state index contributed by atoms with van der Waals surface area (Å²) in [5, 5.41) is 8.21. The third-order valence-electron chi connectivity index (χ3n) is 5.26. The summed E-state index contributed by atoms with van der Waals surface area (Å²) in [7, 11) is 1.68. The number of carbonyl (C=O) groups excluding carboxylic acids is 2. The van der Waals surface area contributed by atoms with Gasteiger partial charge in [-0.2, -0.15) is 4.99 Å². The van der Waals surface area contributed by atoms with Gasteiger partial charge in [-0.05, 0) is 31.2 Å². The molecule has 0 bridgehead atoms. The van der Waals surface area contributed by atoms with Crippen LogP contribution in [0.4, 0.5) is 5.69 Å². The number of hydrogen-bond acceptors (Lipinski definition) is 5. The summed E-state index contributed by atoms with van der Waals surface area (Å²) in [5.74, 6) is -2.36. The van der Waals surface area contributed by atoms with Crippen LogP contribution in [0.5, 0.6) is 0 Å². The minimum Gasteiger partial charge on any atom is -0.481 e. The van der Waals surface area contributed by atoms with E-state index in [9.17, 15) is 24.3 Å². The summed E-state index contributed by atoms with van der Waals surface area (Å²) in [5.41, 5.74) is 0.928. The standard InChI is InChI=1S/C23H20N4O5S/c1-14-19(22(32)27(25(14)2)16-11-7-4-8-12-16)26-21(31)17(13-18(28)29)33-23(26)24-20(30)15-9-5-3-6-10-15/h3-12,17H,13H2,1-2H3,(H,28,29). The van der Waals surface area contributed by atoms with E-state index in [0.717, 1.165) is 16.7 Å². The van der Waals surface area contributed by atoms with E-state index in [-0.39, 0.29) is 10.9 Å². The molecular weight excluding hydrogens is 444 g/mol. The lowest BCUT2D eigenvalue weighted by molar-refractivity contribution is -0.138. The van der Waals surface area contributed by atoms with E-state index in [2.05, 4.69) is 4.99 Å². The second-order valence-electron chi connectivity index (χ2n) is 7.35. The number of rotatable bonds is 5. The van der Waals surface area contributed by atoms with Crippen molar-refractivity contribution in [3.05, 3.63) is 82.3 Å². The Labute approximate surface area is 192 Å². The zero-order chi connectivity index (χ0) is 23.7. The van der Waals surface area contributed by atoms with Gasteiger partial charge in [0.25, 0.3) is 11.5 Å². The number of aliphatic imine (C=N–C) groups is 1. The zero-order valence-electron chi connectivity index (χ0n) is 17.8. The fourth-order valence-electron chi connectivity index (χ4n) is 3.58. The van der Waals surface area contributed by atoms with Crippen molar-refractivity contribution < 1.29 is 19.5 Å². The molecule has 9 nitrogen and oxygen atoms in total. The number of benzene rings is 2. The smallest absolute Gasteiger partial charge is 0.305 e. The molecule has 1 saturated heterocycles. The number of aliphatic carboxylic acids is 1. The maximum absolute atomic E-state index is 13.5. The van der Waals surface area contributed by atoms with Crippen molar-refractivity contribution in [3.8, 4) is 5.69 Å². The number of aromatic nitrogens is 2. The molecule has 1 fully saturated rings. The van der Waals surface area contributed by atoms with Crippen LogP contribution >= 0.6 is 11.8 Å². The largest absolute Gasteiger partial charge is 0.481 e. The van der Waals surface area contributed by atoms with Crippen LogP contribution in [0.25, 0.3) is 5.69 Å². The van der Waals surface area contributed by atoms with Gasteiger partial charge in [-0.1, -0.05) is 48.2 Å². The summed E-state index contributed by atoms with van der Waals surface area (Å²) in [6, 6.07) is 17.2. The Kier molecular flexibility index (Phi) is 6.01. The maximum atomic E-state index is 13.5. The van der Waals surface area contributed by atoms with Gasteiger partial charge in [0.2, 0.25) is 5.91 Å².